The summed E-state index contributed by atoms with van der Waals surface area (Å²) in [6.07, 6.45) is 11.5. The molecule has 0 N–H and O–H groups in total. The van der Waals surface area contributed by atoms with Crippen LogP contribution < -0.4 is 0 Å². The highest BCUT2D eigenvalue weighted by atomic mass is 16.1. The molecule has 0 aromatic heterocycles. The van der Waals surface area contributed by atoms with Crippen molar-refractivity contribution in [2.45, 2.75) is 63.8 Å². The van der Waals surface area contributed by atoms with Crippen LogP contribution in [0.2, 0.25) is 0 Å². The second-order valence-electron chi connectivity index (χ2n) is 4.32. The Morgan fingerprint density at radius 2 is 1.46 bits per heavy atom. The largest absolute Gasteiger partial charge is 0.235 e. The van der Waals surface area contributed by atoms with E-state index in [0.29, 0.717) is 0 Å². The zero-order valence-corrected chi connectivity index (χ0v) is 8.51. The SMILES string of the molecule is CC1(N=C=O)CCCCCCCC1. The Morgan fingerprint density at radius 1 is 1.00 bits per heavy atom. The van der Waals surface area contributed by atoms with E-state index in [-0.39, 0.29) is 5.54 Å². The van der Waals surface area contributed by atoms with Crippen molar-refractivity contribution in [3.05, 3.63) is 0 Å². The summed E-state index contributed by atoms with van der Waals surface area (Å²) in [5, 5.41) is 0. The number of hydrogen-bond donors (Lipinski definition) is 0. The van der Waals surface area contributed by atoms with Crippen LogP contribution >= 0.6 is 0 Å². The molecule has 13 heavy (non-hydrogen) atoms. The molecule has 0 unspecified atom stereocenters. The molecular weight excluding hydrogens is 162 g/mol. The molecule has 0 heterocycles. The highest BCUT2D eigenvalue weighted by Crippen LogP contribution is 2.28. The van der Waals surface area contributed by atoms with Crippen molar-refractivity contribution in [2.24, 2.45) is 4.99 Å². The maximum atomic E-state index is 10.3. The molecule has 0 saturated heterocycles. The summed E-state index contributed by atoms with van der Waals surface area (Å²) in [6, 6.07) is 0. The van der Waals surface area contributed by atoms with Crippen LogP contribution in [0.5, 0.6) is 0 Å². The third-order valence-electron chi connectivity index (χ3n) is 3.00. The maximum absolute atomic E-state index is 10.3. The summed E-state index contributed by atoms with van der Waals surface area (Å²) in [5.41, 5.74) is -0.105. The predicted molar refractivity (Wildman–Crippen MR) is 53.5 cm³/mol. The van der Waals surface area contributed by atoms with E-state index >= 15 is 0 Å². The molecule has 1 fully saturated rings. The normalized spacial score (nSPS) is 23.5. The molecule has 0 atom stereocenters. The molecule has 0 spiro atoms. The van der Waals surface area contributed by atoms with E-state index in [0.717, 1.165) is 12.8 Å². The first-order valence-corrected chi connectivity index (χ1v) is 5.36. The van der Waals surface area contributed by atoms with Gasteiger partial charge in [-0.2, -0.15) is 4.99 Å². The van der Waals surface area contributed by atoms with Crippen molar-refractivity contribution in [1.29, 1.82) is 0 Å². The Hall–Kier alpha value is -0.620. The van der Waals surface area contributed by atoms with Crippen LogP contribution in [0.15, 0.2) is 4.99 Å². The number of carbonyl (C=O) groups excluding carboxylic acids is 1. The number of rotatable bonds is 1. The van der Waals surface area contributed by atoms with E-state index < -0.39 is 0 Å². The third-order valence-corrected chi connectivity index (χ3v) is 3.00. The van der Waals surface area contributed by atoms with Crippen LogP contribution in [-0.2, 0) is 4.79 Å². The van der Waals surface area contributed by atoms with Gasteiger partial charge in [0.1, 0.15) is 0 Å². The molecule has 1 aliphatic rings. The lowest BCUT2D eigenvalue weighted by atomic mass is 9.91. The molecule has 0 bridgehead atoms. The minimum Gasteiger partial charge on any atom is -0.211 e. The lowest BCUT2D eigenvalue weighted by molar-refractivity contribution is 0.382. The van der Waals surface area contributed by atoms with Gasteiger partial charge in [-0.1, -0.05) is 38.5 Å². The van der Waals surface area contributed by atoms with Crippen molar-refractivity contribution in [1.82, 2.24) is 0 Å². The average Bonchev–Trinajstić information content (AvgIpc) is 2.18. The van der Waals surface area contributed by atoms with Crippen LogP contribution in [0.25, 0.3) is 0 Å². The van der Waals surface area contributed by atoms with E-state index in [4.69, 9.17) is 0 Å². The number of nitrogens with zero attached hydrogens (tertiary/aromatic N) is 1. The van der Waals surface area contributed by atoms with Crippen LogP contribution in [0.1, 0.15) is 58.3 Å². The third kappa shape index (κ3) is 3.73. The molecule has 0 aromatic rings. The summed E-state index contributed by atoms with van der Waals surface area (Å²) in [4.78, 5) is 14.2. The van der Waals surface area contributed by atoms with Crippen molar-refractivity contribution in [2.75, 3.05) is 0 Å². The van der Waals surface area contributed by atoms with Crippen LogP contribution in [0.3, 0.4) is 0 Å². The van der Waals surface area contributed by atoms with E-state index in [1.54, 1.807) is 6.08 Å². The molecule has 0 amide bonds. The zero-order chi connectivity index (χ0) is 9.57. The highest BCUT2D eigenvalue weighted by molar-refractivity contribution is 5.34. The van der Waals surface area contributed by atoms with Gasteiger partial charge >= 0.3 is 0 Å². The monoisotopic (exact) mass is 181 g/mol. The van der Waals surface area contributed by atoms with Crippen molar-refractivity contribution in [3.63, 3.8) is 0 Å². The molecule has 0 aromatic carbocycles. The minimum absolute atomic E-state index is 0.105. The van der Waals surface area contributed by atoms with Gasteiger partial charge in [0.2, 0.25) is 6.08 Å². The fourth-order valence-electron chi connectivity index (χ4n) is 2.07. The van der Waals surface area contributed by atoms with Crippen molar-refractivity contribution >= 4 is 6.08 Å². The summed E-state index contributed by atoms with van der Waals surface area (Å²) >= 11 is 0. The smallest absolute Gasteiger partial charge is 0.211 e. The lowest BCUT2D eigenvalue weighted by Gasteiger charge is -2.22. The molecule has 1 rings (SSSR count). The first-order valence-electron chi connectivity index (χ1n) is 5.36. The van der Waals surface area contributed by atoms with Gasteiger partial charge in [-0.25, -0.2) is 4.79 Å². The second-order valence-corrected chi connectivity index (χ2v) is 4.32. The number of hydrogen-bond acceptors (Lipinski definition) is 2. The van der Waals surface area contributed by atoms with E-state index in [1.807, 2.05) is 0 Å². The van der Waals surface area contributed by atoms with Gasteiger partial charge in [-0.05, 0) is 19.8 Å². The van der Waals surface area contributed by atoms with Gasteiger partial charge in [-0.3, -0.25) is 0 Å². The Labute approximate surface area is 80.4 Å². The van der Waals surface area contributed by atoms with Gasteiger partial charge < -0.3 is 0 Å². The fourth-order valence-corrected chi connectivity index (χ4v) is 2.07. The van der Waals surface area contributed by atoms with Gasteiger partial charge in [0.25, 0.3) is 0 Å². The molecular formula is C11H19NO. The number of isocyanates is 1. The first-order chi connectivity index (χ1) is 6.27. The van der Waals surface area contributed by atoms with Crippen LogP contribution in [-0.4, -0.2) is 11.6 Å². The summed E-state index contributed by atoms with van der Waals surface area (Å²) in [7, 11) is 0. The first kappa shape index (κ1) is 10.5. The Morgan fingerprint density at radius 3 is 1.92 bits per heavy atom. The predicted octanol–water partition coefficient (Wildman–Crippen LogP) is 3.22. The molecule has 2 heteroatoms. The fraction of sp³-hybridized carbons (Fsp3) is 0.909. The van der Waals surface area contributed by atoms with Gasteiger partial charge in [-0.15, -0.1) is 0 Å². The van der Waals surface area contributed by atoms with Gasteiger partial charge in [0.15, 0.2) is 0 Å². The molecule has 1 aliphatic carbocycles. The molecule has 2 nitrogen and oxygen atoms in total. The van der Waals surface area contributed by atoms with Crippen LogP contribution in [0, 0.1) is 0 Å². The van der Waals surface area contributed by atoms with Crippen molar-refractivity contribution < 1.29 is 4.79 Å². The lowest BCUT2D eigenvalue weighted by Crippen LogP contribution is -2.21. The number of aliphatic imine (C=N–C) groups is 1. The van der Waals surface area contributed by atoms with Gasteiger partial charge in [0.05, 0.1) is 5.54 Å². The topological polar surface area (TPSA) is 29.4 Å². The zero-order valence-electron chi connectivity index (χ0n) is 8.51. The maximum Gasteiger partial charge on any atom is 0.235 e. The summed E-state index contributed by atoms with van der Waals surface area (Å²) in [6.45, 7) is 2.09. The average molecular weight is 181 g/mol. The van der Waals surface area contributed by atoms with E-state index in [9.17, 15) is 4.79 Å². The molecule has 74 valence electrons. The molecule has 0 aliphatic heterocycles. The highest BCUT2D eigenvalue weighted by Gasteiger charge is 2.22. The van der Waals surface area contributed by atoms with E-state index in [1.165, 1.54) is 38.5 Å². The minimum atomic E-state index is -0.105. The van der Waals surface area contributed by atoms with Crippen LogP contribution in [0.4, 0.5) is 0 Å². The van der Waals surface area contributed by atoms with Crippen molar-refractivity contribution in [3.8, 4) is 0 Å². The summed E-state index contributed by atoms with van der Waals surface area (Å²) < 4.78 is 0. The quantitative estimate of drug-likeness (QED) is 0.451. The second kappa shape index (κ2) is 5.18. The Bertz CT molecular complexity index is 184. The van der Waals surface area contributed by atoms with E-state index in [2.05, 4.69) is 11.9 Å². The Balaban J connectivity index is 2.53. The Kier molecular flexibility index (Phi) is 4.17. The molecule has 0 radical (unpaired) electrons. The van der Waals surface area contributed by atoms with Gasteiger partial charge in [0, 0.05) is 0 Å². The molecule has 1 saturated carbocycles. The summed E-state index contributed by atoms with van der Waals surface area (Å²) in [5.74, 6) is 0. The standard InChI is InChI=1S/C11H19NO/c1-11(12-10-13)8-6-4-2-3-5-7-9-11/h2-9H2,1H3.